The van der Waals surface area contributed by atoms with Gasteiger partial charge in [-0.15, -0.1) is 0 Å². The van der Waals surface area contributed by atoms with Crippen molar-refractivity contribution in [2.45, 2.75) is 39.1 Å². The van der Waals surface area contributed by atoms with E-state index in [1.807, 2.05) is 0 Å². The number of halogens is 3. The van der Waals surface area contributed by atoms with Crippen LogP contribution in [0.4, 0.5) is 9.18 Å². The number of carboxylic acid groups (broad SMARTS) is 1. The van der Waals surface area contributed by atoms with Gasteiger partial charge in [-0.25, -0.2) is 14.0 Å². The second kappa shape index (κ2) is 17.6. The van der Waals surface area contributed by atoms with E-state index in [9.17, 15) is 19.1 Å². The van der Waals surface area contributed by atoms with Gasteiger partial charge < -0.3 is 29.0 Å². The first-order valence-corrected chi connectivity index (χ1v) is 14.2. The Bertz CT molecular complexity index is 1260. The van der Waals surface area contributed by atoms with Crippen molar-refractivity contribution in [3.05, 3.63) is 99.3 Å². The standard InChI is InChI=1S/C31H34Cl2FNO7/c1-2-40-29(30(36)37)18-22-6-10-28(11-7-22)41-15-13-35(31(38)42-21-23-4-8-27(34)9-5-23)12-3-14-39-20-24-16-25(32)19-26(33)17-24/h4-11,16-17,19,29H,2-3,12-15,18,20-21H2,1H3,(H,36,37). The lowest BCUT2D eigenvalue weighted by Gasteiger charge is -2.22. The van der Waals surface area contributed by atoms with E-state index < -0.39 is 18.2 Å². The first-order valence-electron chi connectivity index (χ1n) is 13.5. The Morgan fingerprint density at radius 2 is 1.55 bits per heavy atom. The fourth-order valence-electron chi connectivity index (χ4n) is 3.98. The Labute approximate surface area is 254 Å². The van der Waals surface area contributed by atoms with Gasteiger partial charge >= 0.3 is 12.1 Å². The highest BCUT2D eigenvalue weighted by Gasteiger charge is 2.18. The minimum atomic E-state index is -1.01. The summed E-state index contributed by atoms with van der Waals surface area (Å²) in [4.78, 5) is 25.7. The molecule has 1 amide bonds. The van der Waals surface area contributed by atoms with Crippen LogP contribution in [-0.4, -0.2) is 61.1 Å². The largest absolute Gasteiger partial charge is 0.492 e. The maximum absolute atomic E-state index is 13.2. The molecule has 3 rings (SSSR count). The third-order valence-corrected chi connectivity index (χ3v) is 6.50. The van der Waals surface area contributed by atoms with Crippen LogP contribution in [0.15, 0.2) is 66.7 Å². The molecule has 0 aliphatic heterocycles. The van der Waals surface area contributed by atoms with Crippen LogP contribution in [0.25, 0.3) is 0 Å². The molecule has 0 aliphatic carbocycles. The van der Waals surface area contributed by atoms with Gasteiger partial charge in [0.15, 0.2) is 6.10 Å². The van der Waals surface area contributed by atoms with Crippen molar-refractivity contribution < 1.29 is 38.0 Å². The smallest absolute Gasteiger partial charge is 0.410 e. The molecule has 0 aromatic heterocycles. The van der Waals surface area contributed by atoms with Gasteiger partial charge in [0.25, 0.3) is 0 Å². The molecule has 226 valence electrons. The van der Waals surface area contributed by atoms with Gasteiger partial charge in [-0.3, -0.25) is 0 Å². The zero-order chi connectivity index (χ0) is 30.3. The number of amides is 1. The molecule has 0 radical (unpaired) electrons. The summed E-state index contributed by atoms with van der Waals surface area (Å²) in [6.45, 7) is 3.57. The molecular weight excluding hydrogens is 588 g/mol. The minimum absolute atomic E-state index is 0.00302. The summed E-state index contributed by atoms with van der Waals surface area (Å²) >= 11 is 12.1. The number of ether oxygens (including phenoxy) is 4. The molecule has 0 spiro atoms. The molecule has 3 aromatic carbocycles. The van der Waals surface area contributed by atoms with Crippen molar-refractivity contribution >= 4 is 35.3 Å². The van der Waals surface area contributed by atoms with Gasteiger partial charge in [0.1, 0.15) is 24.8 Å². The van der Waals surface area contributed by atoms with Crippen molar-refractivity contribution in [1.82, 2.24) is 4.90 Å². The second-order valence-electron chi connectivity index (χ2n) is 9.33. The SMILES string of the molecule is CCOC(Cc1ccc(OCCN(CCCOCc2cc(Cl)cc(Cl)c2)C(=O)OCc2ccc(F)cc2)cc1)C(=O)O. The lowest BCUT2D eigenvalue weighted by molar-refractivity contribution is -0.149. The molecule has 11 heteroatoms. The Kier molecular flexibility index (Phi) is 13.8. The molecule has 1 unspecified atom stereocenters. The zero-order valence-electron chi connectivity index (χ0n) is 23.3. The van der Waals surface area contributed by atoms with Crippen molar-refractivity contribution in [2.24, 2.45) is 0 Å². The highest BCUT2D eigenvalue weighted by atomic mass is 35.5. The van der Waals surface area contributed by atoms with Crippen molar-refractivity contribution in [3.63, 3.8) is 0 Å². The lowest BCUT2D eigenvalue weighted by atomic mass is 10.1. The average Bonchev–Trinajstić information content (AvgIpc) is 2.95. The number of carboxylic acids is 1. The van der Waals surface area contributed by atoms with Gasteiger partial charge in [0.2, 0.25) is 0 Å². The topological polar surface area (TPSA) is 94.5 Å². The third-order valence-electron chi connectivity index (χ3n) is 6.06. The lowest BCUT2D eigenvalue weighted by Crippen LogP contribution is -2.36. The van der Waals surface area contributed by atoms with Gasteiger partial charge in [0.05, 0.1) is 13.2 Å². The number of hydrogen-bond acceptors (Lipinski definition) is 6. The van der Waals surface area contributed by atoms with Gasteiger partial charge in [-0.2, -0.15) is 0 Å². The fraction of sp³-hybridized carbons (Fsp3) is 0.355. The molecule has 1 N–H and O–H groups in total. The molecule has 0 heterocycles. The van der Waals surface area contributed by atoms with Crippen LogP contribution in [0, 0.1) is 5.82 Å². The summed E-state index contributed by atoms with van der Waals surface area (Å²) in [7, 11) is 0. The Morgan fingerprint density at radius 1 is 0.881 bits per heavy atom. The molecule has 0 saturated carbocycles. The quantitative estimate of drug-likeness (QED) is 0.166. The predicted molar refractivity (Wildman–Crippen MR) is 158 cm³/mol. The molecule has 3 aromatic rings. The van der Waals surface area contributed by atoms with Crippen LogP contribution in [0.1, 0.15) is 30.0 Å². The molecule has 0 aliphatic rings. The third kappa shape index (κ3) is 11.9. The van der Waals surface area contributed by atoms with Crippen LogP contribution in [0.5, 0.6) is 5.75 Å². The summed E-state index contributed by atoms with van der Waals surface area (Å²) in [5.74, 6) is -0.805. The van der Waals surface area contributed by atoms with Crippen molar-refractivity contribution in [1.29, 1.82) is 0 Å². The molecule has 0 bridgehead atoms. The highest BCUT2D eigenvalue weighted by Crippen LogP contribution is 2.20. The van der Waals surface area contributed by atoms with E-state index in [1.54, 1.807) is 61.5 Å². The zero-order valence-corrected chi connectivity index (χ0v) is 24.8. The van der Waals surface area contributed by atoms with E-state index >= 15 is 0 Å². The van der Waals surface area contributed by atoms with Crippen LogP contribution in [0.2, 0.25) is 10.0 Å². The van der Waals surface area contributed by atoms with E-state index in [2.05, 4.69) is 0 Å². The number of hydrogen-bond donors (Lipinski definition) is 1. The highest BCUT2D eigenvalue weighted by molar-refractivity contribution is 6.34. The second-order valence-corrected chi connectivity index (χ2v) is 10.2. The Morgan fingerprint density at radius 3 is 2.19 bits per heavy atom. The van der Waals surface area contributed by atoms with Crippen LogP contribution >= 0.6 is 23.2 Å². The summed E-state index contributed by atoms with van der Waals surface area (Å²) in [6.07, 6.45) is -0.665. The summed E-state index contributed by atoms with van der Waals surface area (Å²) < 4.78 is 35.5. The molecule has 42 heavy (non-hydrogen) atoms. The number of benzene rings is 3. The molecule has 1 atom stereocenters. The predicted octanol–water partition coefficient (Wildman–Crippen LogP) is 6.79. The van der Waals surface area contributed by atoms with E-state index in [0.29, 0.717) is 54.1 Å². The Hall–Kier alpha value is -3.37. The summed E-state index contributed by atoms with van der Waals surface area (Å²) in [5.41, 5.74) is 2.31. The van der Waals surface area contributed by atoms with Gasteiger partial charge in [-0.1, -0.05) is 47.5 Å². The number of rotatable bonds is 17. The van der Waals surface area contributed by atoms with Crippen LogP contribution in [0.3, 0.4) is 0 Å². The molecule has 0 fully saturated rings. The maximum Gasteiger partial charge on any atom is 0.410 e. The van der Waals surface area contributed by atoms with Crippen molar-refractivity contribution in [3.8, 4) is 5.75 Å². The molecule has 0 saturated heterocycles. The van der Waals surface area contributed by atoms with Crippen LogP contribution < -0.4 is 4.74 Å². The minimum Gasteiger partial charge on any atom is -0.492 e. The number of carbonyl (C=O) groups is 2. The average molecular weight is 623 g/mol. The maximum atomic E-state index is 13.2. The Balaban J connectivity index is 1.51. The van der Waals surface area contributed by atoms with E-state index in [-0.39, 0.29) is 32.0 Å². The first kappa shape index (κ1) is 33.1. The van der Waals surface area contributed by atoms with E-state index in [4.69, 9.17) is 42.1 Å². The van der Waals surface area contributed by atoms with Gasteiger partial charge in [0, 0.05) is 36.2 Å². The molecular formula is C31H34Cl2FNO7. The van der Waals surface area contributed by atoms with Gasteiger partial charge in [-0.05, 0) is 72.5 Å². The first-order chi connectivity index (χ1) is 20.2. The number of aliphatic carboxylic acids is 1. The number of carbonyl (C=O) groups excluding carboxylic acids is 1. The summed E-state index contributed by atoms with van der Waals surface area (Å²) in [6, 6.07) is 18.0. The summed E-state index contributed by atoms with van der Waals surface area (Å²) in [5, 5.41) is 10.3. The normalized spacial score (nSPS) is 11.6. The monoisotopic (exact) mass is 621 g/mol. The van der Waals surface area contributed by atoms with Crippen LogP contribution in [-0.2, 0) is 38.6 Å². The molecule has 8 nitrogen and oxygen atoms in total. The van der Waals surface area contributed by atoms with E-state index in [1.165, 1.54) is 17.0 Å². The van der Waals surface area contributed by atoms with Crippen molar-refractivity contribution in [2.75, 3.05) is 32.9 Å². The van der Waals surface area contributed by atoms with E-state index in [0.717, 1.165) is 11.1 Å². The fourth-order valence-corrected chi connectivity index (χ4v) is 4.55. The number of nitrogens with zero attached hydrogens (tertiary/aromatic N) is 1.